The number of nitrogens with zero attached hydrogens (tertiary/aromatic N) is 2. The molecule has 0 bridgehead atoms. The third-order valence-electron chi connectivity index (χ3n) is 3.65. The van der Waals surface area contributed by atoms with Crippen LogP contribution in [0.4, 0.5) is 5.82 Å². The summed E-state index contributed by atoms with van der Waals surface area (Å²) in [7, 11) is 0. The summed E-state index contributed by atoms with van der Waals surface area (Å²) in [4.78, 5) is 0. The highest BCUT2D eigenvalue weighted by Gasteiger charge is 2.24. The number of halogens is 1. The Labute approximate surface area is 126 Å². The Morgan fingerprint density at radius 2 is 1.76 bits per heavy atom. The van der Waals surface area contributed by atoms with Gasteiger partial charge in [0, 0.05) is 16.3 Å². The lowest BCUT2D eigenvalue weighted by molar-refractivity contribution is 0.339. The van der Waals surface area contributed by atoms with Crippen molar-refractivity contribution in [1.82, 2.24) is 10.2 Å². The number of hydrogen-bond donors (Lipinski definition) is 1. The van der Waals surface area contributed by atoms with Gasteiger partial charge < -0.3 is 10.1 Å². The number of nitrogens with one attached hydrogen (secondary N) is 1. The van der Waals surface area contributed by atoms with Gasteiger partial charge in [-0.15, -0.1) is 10.2 Å². The van der Waals surface area contributed by atoms with Gasteiger partial charge in [0.05, 0.1) is 6.04 Å². The monoisotopic (exact) mass is 297 g/mol. The number of hydrogen-bond acceptors (Lipinski definition) is 4. The molecule has 1 atom stereocenters. The minimum atomic E-state index is 0.0695. The van der Waals surface area contributed by atoms with E-state index in [4.69, 9.17) is 16.3 Å². The Morgan fingerprint density at radius 1 is 1.00 bits per heavy atom. The number of aromatic nitrogens is 2. The van der Waals surface area contributed by atoms with Crippen LogP contribution in [-0.2, 0) is 0 Å². The van der Waals surface area contributed by atoms with Crippen LogP contribution >= 0.6 is 11.6 Å². The summed E-state index contributed by atoms with van der Waals surface area (Å²) >= 11 is 6.10. The van der Waals surface area contributed by atoms with Gasteiger partial charge in [0.15, 0.2) is 11.0 Å². The first kappa shape index (κ1) is 12.4. The van der Waals surface area contributed by atoms with Gasteiger partial charge in [0.1, 0.15) is 12.4 Å². The van der Waals surface area contributed by atoms with E-state index < -0.39 is 0 Å². The van der Waals surface area contributed by atoms with E-state index in [9.17, 15) is 0 Å². The van der Waals surface area contributed by atoms with Crippen molar-refractivity contribution in [1.29, 1.82) is 0 Å². The predicted molar refractivity (Wildman–Crippen MR) is 82.8 cm³/mol. The number of ether oxygens (including phenoxy) is 1. The molecule has 0 radical (unpaired) electrons. The molecule has 0 fully saturated rings. The van der Waals surface area contributed by atoms with E-state index in [2.05, 4.69) is 21.6 Å². The highest BCUT2D eigenvalue weighted by Crippen LogP contribution is 2.35. The molecule has 1 N–H and O–H groups in total. The Hall–Kier alpha value is -2.33. The maximum Gasteiger partial charge on any atom is 0.159 e. The van der Waals surface area contributed by atoms with E-state index in [1.165, 1.54) is 0 Å². The van der Waals surface area contributed by atoms with Crippen molar-refractivity contribution in [2.75, 3.05) is 11.9 Å². The average molecular weight is 298 g/mol. The van der Waals surface area contributed by atoms with Crippen LogP contribution in [0.2, 0.25) is 5.15 Å². The van der Waals surface area contributed by atoms with E-state index >= 15 is 0 Å². The van der Waals surface area contributed by atoms with Crippen LogP contribution in [-0.4, -0.2) is 16.8 Å². The lowest BCUT2D eigenvalue weighted by Crippen LogP contribution is -2.13. The standard InChI is InChI=1S/C16H12ClN3O/c17-15-10-5-1-2-6-11(10)16(20-19-15)18-13-9-21-14-8-4-3-7-12(13)14/h1-8,13H,9H2,(H,18,20). The minimum absolute atomic E-state index is 0.0695. The number of fused-ring (bicyclic) bond motifs is 2. The summed E-state index contributed by atoms with van der Waals surface area (Å²) in [6, 6.07) is 15.9. The smallest absolute Gasteiger partial charge is 0.159 e. The van der Waals surface area contributed by atoms with E-state index in [0.717, 1.165) is 27.9 Å². The minimum Gasteiger partial charge on any atom is -0.491 e. The first-order valence-electron chi connectivity index (χ1n) is 6.72. The van der Waals surface area contributed by atoms with Crippen LogP contribution in [0.5, 0.6) is 5.75 Å². The second-order valence-corrected chi connectivity index (χ2v) is 5.29. The quantitative estimate of drug-likeness (QED) is 0.781. The molecule has 0 spiro atoms. The molecule has 1 aliphatic rings. The maximum atomic E-state index is 6.10. The maximum absolute atomic E-state index is 6.10. The molecule has 104 valence electrons. The van der Waals surface area contributed by atoms with Crippen molar-refractivity contribution in [2.24, 2.45) is 0 Å². The molecule has 5 heteroatoms. The molecule has 0 amide bonds. The molecular formula is C16H12ClN3O. The lowest BCUT2D eigenvalue weighted by Gasteiger charge is -2.14. The second-order valence-electron chi connectivity index (χ2n) is 4.93. The molecule has 0 aliphatic carbocycles. The zero-order valence-corrected chi connectivity index (χ0v) is 11.8. The molecule has 4 rings (SSSR count). The highest BCUT2D eigenvalue weighted by molar-refractivity contribution is 6.34. The summed E-state index contributed by atoms with van der Waals surface area (Å²) in [5, 5.41) is 13.9. The fraction of sp³-hybridized carbons (Fsp3) is 0.125. The van der Waals surface area contributed by atoms with Gasteiger partial charge in [-0.2, -0.15) is 0 Å². The zero-order chi connectivity index (χ0) is 14.2. The van der Waals surface area contributed by atoms with Crippen molar-refractivity contribution in [2.45, 2.75) is 6.04 Å². The average Bonchev–Trinajstić information content (AvgIpc) is 2.94. The van der Waals surface area contributed by atoms with Crippen molar-refractivity contribution >= 4 is 28.2 Å². The van der Waals surface area contributed by atoms with Gasteiger partial charge in [-0.3, -0.25) is 0 Å². The fourth-order valence-electron chi connectivity index (χ4n) is 2.62. The number of anilines is 1. The van der Waals surface area contributed by atoms with Crippen molar-refractivity contribution in [3.63, 3.8) is 0 Å². The van der Waals surface area contributed by atoms with Crippen LogP contribution < -0.4 is 10.1 Å². The van der Waals surface area contributed by atoms with Crippen LogP contribution in [0.3, 0.4) is 0 Å². The molecule has 21 heavy (non-hydrogen) atoms. The Morgan fingerprint density at radius 3 is 2.67 bits per heavy atom. The van der Waals surface area contributed by atoms with Gasteiger partial charge >= 0.3 is 0 Å². The SMILES string of the molecule is Clc1nnc(NC2COc3ccccc32)c2ccccc12. The molecule has 1 unspecified atom stereocenters. The van der Waals surface area contributed by atoms with E-state index in [1.807, 2.05) is 42.5 Å². The first-order valence-corrected chi connectivity index (χ1v) is 7.10. The molecule has 1 aliphatic heterocycles. The van der Waals surface area contributed by atoms with Crippen molar-refractivity contribution in [3.8, 4) is 5.75 Å². The Kier molecular flexibility index (Phi) is 2.89. The van der Waals surface area contributed by atoms with E-state index in [0.29, 0.717) is 11.8 Å². The Balaban J connectivity index is 1.75. The normalized spacial score (nSPS) is 16.5. The predicted octanol–water partition coefficient (Wildman–Crippen LogP) is 3.83. The molecular weight excluding hydrogens is 286 g/mol. The van der Waals surface area contributed by atoms with Gasteiger partial charge in [0.25, 0.3) is 0 Å². The number of rotatable bonds is 2. The molecule has 2 heterocycles. The van der Waals surface area contributed by atoms with Gasteiger partial charge in [0.2, 0.25) is 0 Å². The molecule has 0 saturated heterocycles. The summed E-state index contributed by atoms with van der Waals surface area (Å²) in [5.74, 6) is 1.64. The summed E-state index contributed by atoms with van der Waals surface area (Å²) in [6.45, 7) is 0.581. The van der Waals surface area contributed by atoms with Crippen LogP contribution in [0, 0.1) is 0 Å². The van der Waals surface area contributed by atoms with Crippen molar-refractivity contribution < 1.29 is 4.74 Å². The Bertz CT molecular complexity index is 821. The molecule has 1 aromatic heterocycles. The summed E-state index contributed by atoms with van der Waals surface area (Å²) in [6.07, 6.45) is 0. The number of benzene rings is 2. The van der Waals surface area contributed by atoms with Gasteiger partial charge in [-0.25, -0.2) is 0 Å². The zero-order valence-electron chi connectivity index (χ0n) is 11.1. The van der Waals surface area contributed by atoms with Gasteiger partial charge in [-0.05, 0) is 6.07 Å². The van der Waals surface area contributed by atoms with E-state index in [1.54, 1.807) is 0 Å². The van der Waals surface area contributed by atoms with Gasteiger partial charge in [-0.1, -0.05) is 54.1 Å². The largest absolute Gasteiger partial charge is 0.491 e. The van der Waals surface area contributed by atoms with Crippen molar-refractivity contribution in [3.05, 3.63) is 59.2 Å². The van der Waals surface area contributed by atoms with Crippen LogP contribution in [0.15, 0.2) is 48.5 Å². The van der Waals surface area contributed by atoms with E-state index in [-0.39, 0.29) is 6.04 Å². The third kappa shape index (κ3) is 2.08. The topological polar surface area (TPSA) is 47.0 Å². The molecule has 2 aromatic carbocycles. The molecule has 0 saturated carbocycles. The number of para-hydroxylation sites is 1. The molecule has 4 nitrogen and oxygen atoms in total. The third-order valence-corrected chi connectivity index (χ3v) is 3.93. The lowest BCUT2D eigenvalue weighted by atomic mass is 10.1. The molecule has 3 aromatic rings. The summed E-state index contributed by atoms with van der Waals surface area (Å²) in [5.41, 5.74) is 1.14. The second kappa shape index (κ2) is 4.90. The fourth-order valence-corrected chi connectivity index (χ4v) is 2.83. The first-order chi connectivity index (χ1) is 10.3. The highest BCUT2D eigenvalue weighted by atomic mass is 35.5. The van der Waals surface area contributed by atoms with Crippen LogP contribution in [0.1, 0.15) is 11.6 Å². The summed E-state index contributed by atoms with van der Waals surface area (Å²) < 4.78 is 5.68. The van der Waals surface area contributed by atoms with Crippen LogP contribution in [0.25, 0.3) is 10.8 Å².